The number of morpholine rings is 1. The molecule has 2 atom stereocenters. The maximum atomic E-state index is 13.4. The van der Waals surface area contributed by atoms with E-state index in [0.29, 0.717) is 19.2 Å². The predicted octanol–water partition coefficient (Wildman–Crippen LogP) is 3.69. The zero-order valence-corrected chi connectivity index (χ0v) is 19.0. The molecule has 0 bridgehead atoms. The second-order valence-electron chi connectivity index (χ2n) is 8.93. The van der Waals surface area contributed by atoms with Crippen LogP contribution in [0.4, 0.5) is 0 Å². The first-order chi connectivity index (χ1) is 15.7. The summed E-state index contributed by atoms with van der Waals surface area (Å²) in [5, 5.41) is 4.48. The Morgan fingerprint density at radius 1 is 1.28 bits per heavy atom. The third kappa shape index (κ3) is 4.17. The number of hydrogen-bond donors (Lipinski definition) is 1. The van der Waals surface area contributed by atoms with Crippen LogP contribution in [0.2, 0.25) is 0 Å². The first-order valence-corrected chi connectivity index (χ1v) is 11.8. The van der Waals surface area contributed by atoms with Crippen LogP contribution in [0.5, 0.6) is 0 Å². The number of fused-ring (bicyclic) bond motifs is 1. The van der Waals surface area contributed by atoms with E-state index in [-0.39, 0.29) is 11.9 Å². The van der Waals surface area contributed by atoms with E-state index in [0.717, 1.165) is 43.7 Å². The molecule has 3 heterocycles. The lowest BCUT2D eigenvalue weighted by Gasteiger charge is -2.34. The molecular weight excluding hydrogens is 400 g/mol. The molecule has 0 spiro atoms. The molecule has 168 valence electrons. The maximum Gasteiger partial charge on any atom is 0.253 e. The fraction of sp³-hybridized carbons (Fsp3) is 0.462. The molecule has 2 aromatic heterocycles. The van der Waals surface area contributed by atoms with Gasteiger partial charge in [-0.15, -0.1) is 0 Å². The number of ether oxygens (including phenoxy) is 1. The van der Waals surface area contributed by atoms with Gasteiger partial charge in [0.2, 0.25) is 0 Å². The highest BCUT2D eigenvalue weighted by atomic mass is 16.5. The number of aromatic nitrogens is 2. The lowest BCUT2D eigenvalue weighted by molar-refractivity contribution is -0.148. The largest absolute Gasteiger partial charge is 0.366 e. The minimum atomic E-state index is -0.400. The molecule has 3 aromatic rings. The van der Waals surface area contributed by atoms with E-state index in [2.05, 4.69) is 66.3 Å². The van der Waals surface area contributed by atoms with Crippen LogP contribution in [0.1, 0.15) is 49.7 Å². The first-order valence-electron chi connectivity index (χ1n) is 11.8. The number of rotatable bonds is 7. The van der Waals surface area contributed by atoms with Crippen molar-refractivity contribution in [1.29, 1.82) is 0 Å². The molecule has 1 aliphatic carbocycles. The summed E-state index contributed by atoms with van der Waals surface area (Å²) in [6, 6.07) is 15.1. The fourth-order valence-corrected chi connectivity index (χ4v) is 4.75. The van der Waals surface area contributed by atoms with Gasteiger partial charge >= 0.3 is 0 Å². The van der Waals surface area contributed by atoms with Gasteiger partial charge in [0.25, 0.3) is 5.91 Å². The number of pyridine rings is 1. The van der Waals surface area contributed by atoms with Crippen LogP contribution in [0.3, 0.4) is 0 Å². The molecule has 1 aliphatic heterocycles. The summed E-state index contributed by atoms with van der Waals surface area (Å²) in [7, 11) is 0. The lowest BCUT2D eigenvalue weighted by Crippen LogP contribution is -2.50. The minimum absolute atomic E-state index is 0.0877. The Morgan fingerprint density at radius 2 is 2.09 bits per heavy atom. The third-order valence-electron chi connectivity index (χ3n) is 6.64. The van der Waals surface area contributed by atoms with Crippen LogP contribution in [0.25, 0.3) is 10.9 Å². The number of amides is 1. The van der Waals surface area contributed by atoms with E-state index in [4.69, 9.17) is 9.72 Å². The van der Waals surface area contributed by atoms with Gasteiger partial charge in [0.15, 0.2) is 0 Å². The van der Waals surface area contributed by atoms with E-state index in [9.17, 15) is 4.79 Å². The number of nitrogens with one attached hydrogen (secondary N) is 1. The Morgan fingerprint density at radius 3 is 2.78 bits per heavy atom. The van der Waals surface area contributed by atoms with E-state index in [1.54, 1.807) is 0 Å². The van der Waals surface area contributed by atoms with Crippen molar-refractivity contribution >= 4 is 16.8 Å². The van der Waals surface area contributed by atoms with Crippen molar-refractivity contribution in [3.8, 4) is 0 Å². The van der Waals surface area contributed by atoms with Crippen molar-refractivity contribution < 1.29 is 9.53 Å². The zero-order valence-electron chi connectivity index (χ0n) is 19.0. The maximum absolute atomic E-state index is 13.4. The predicted molar refractivity (Wildman–Crippen MR) is 126 cm³/mol. The molecule has 1 saturated carbocycles. The average molecular weight is 433 g/mol. The molecule has 0 unspecified atom stereocenters. The van der Waals surface area contributed by atoms with E-state index in [1.165, 1.54) is 16.5 Å². The molecule has 1 amide bonds. The summed E-state index contributed by atoms with van der Waals surface area (Å²) in [5.41, 5.74) is 4.51. The molecule has 6 nitrogen and oxygen atoms in total. The molecule has 2 fully saturated rings. The first kappa shape index (κ1) is 21.2. The van der Waals surface area contributed by atoms with Crippen molar-refractivity contribution in [1.82, 2.24) is 19.8 Å². The molecule has 5 rings (SSSR count). The Balaban J connectivity index is 1.49. The van der Waals surface area contributed by atoms with Gasteiger partial charge in [-0.2, -0.15) is 0 Å². The highest BCUT2D eigenvalue weighted by Gasteiger charge is 2.40. The highest BCUT2D eigenvalue weighted by molar-refractivity contribution is 5.84. The number of carbonyl (C=O) groups is 1. The topological polar surface area (TPSA) is 59.4 Å². The van der Waals surface area contributed by atoms with E-state index < -0.39 is 6.10 Å². The summed E-state index contributed by atoms with van der Waals surface area (Å²) >= 11 is 0. The van der Waals surface area contributed by atoms with Crippen LogP contribution in [-0.2, 0) is 22.5 Å². The summed E-state index contributed by atoms with van der Waals surface area (Å²) in [4.78, 5) is 20.5. The average Bonchev–Trinajstić information content (AvgIpc) is 3.60. The number of benzene rings is 1. The van der Waals surface area contributed by atoms with E-state index in [1.807, 2.05) is 11.0 Å². The molecule has 1 N–H and O–H groups in total. The molecule has 32 heavy (non-hydrogen) atoms. The van der Waals surface area contributed by atoms with Gasteiger partial charge in [-0.1, -0.05) is 37.3 Å². The molecule has 6 heteroatoms. The Hall–Kier alpha value is -2.70. The molecule has 1 saturated heterocycles. The number of aryl methyl sites for hydroxylation is 1. The standard InChI is InChI=1S/C26H32N4O2/c1-3-22-21-11-13-29(17-19-7-5-4-6-8-19)24(21)15-23(28-22)18(2)30(20-9-10-20)26(31)25-16-27-12-14-32-25/h4-8,11,13,15,18,20,25,27H,3,9-10,12,14,16-17H2,1-2H3/t18-,25-/m1/s1. The zero-order chi connectivity index (χ0) is 22.1. The Kier molecular flexibility index (Phi) is 5.98. The van der Waals surface area contributed by atoms with Gasteiger partial charge in [0, 0.05) is 43.0 Å². The summed E-state index contributed by atoms with van der Waals surface area (Å²) in [6.45, 7) is 7.06. The fourth-order valence-electron chi connectivity index (χ4n) is 4.75. The highest BCUT2D eigenvalue weighted by Crippen LogP contribution is 2.36. The monoisotopic (exact) mass is 432 g/mol. The van der Waals surface area contributed by atoms with Crippen LogP contribution >= 0.6 is 0 Å². The van der Waals surface area contributed by atoms with Crippen molar-refractivity contribution in [2.45, 2.75) is 57.8 Å². The smallest absolute Gasteiger partial charge is 0.253 e. The summed E-state index contributed by atoms with van der Waals surface area (Å²) in [5.74, 6) is 0.0896. The second-order valence-corrected chi connectivity index (χ2v) is 8.93. The SMILES string of the molecule is CCc1nc([C@@H](C)N(C(=O)[C@H]2CNCCO2)C2CC2)cc2c1ccn2Cc1ccccc1. The van der Waals surface area contributed by atoms with Gasteiger partial charge < -0.3 is 19.5 Å². The van der Waals surface area contributed by atoms with Crippen LogP contribution in [0, 0.1) is 0 Å². The van der Waals surface area contributed by atoms with Gasteiger partial charge in [-0.3, -0.25) is 9.78 Å². The molecule has 0 radical (unpaired) electrons. The molecule has 1 aromatic carbocycles. The summed E-state index contributed by atoms with van der Waals surface area (Å²) in [6.07, 6.45) is 4.73. The van der Waals surface area contributed by atoms with Crippen LogP contribution in [-0.4, -0.2) is 52.2 Å². The van der Waals surface area contributed by atoms with Crippen molar-refractivity contribution in [2.24, 2.45) is 0 Å². The normalized spacial score (nSPS) is 19.8. The van der Waals surface area contributed by atoms with Crippen molar-refractivity contribution in [3.63, 3.8) is 0 Å². The minimum Gasteiger partial charge on any atom is -0.366 e. The number of nitrogens with zero attached hydrogens (tertiary/aromatic N) is 3. The van der Waals surface area contributed by atoms with Crippen molar-refractivity contribution in [2.75, 3.05) is 19.7 Å². The summed E-state index contributed by atoms with van der Waals surface area (Å²) < 4.78 is 8.09. The van der Waals surface area contributed by atoms with Gasteiger partial charge in [-0.25, -0.2) is 0 Å². The van der Waals surface area contributed by atoms with Gasteiger partial charge in [0.1, 0.15) is 6.10 Å². The van der Waals surface area contributed by atoms with Gasteiger partial charge in [-0.05, 0) is 43.9 Å². The lowest BCUT2D eigenvalue weighted by atomic mass is 10.1. The quantitative estimate of drug-likeness (QED) is 0.619. The number of carbonyl (C=O) groups excluding carboxylic acids is 1. The Bertz CT molecular complexity index is 1080. The van der Waals surface area contributed by atoms with Gasteiger partial charge in [0.05, 0.1) is 23.9 Å². The Labute approximate surface area is 189 Å². The molecule has 2 aliphatic rings. The van der Waals surface area contributed by atoms with Crippen LogP contribution < -0.4 is 5.32 Å². The van der Waals surface area contributed by atoms with Crippen LogP contribution in [0.15, 0.2) is 48.7 Å². The third-order valence-corrected chi connectivity index (χ3v) is 6.64. The number of hydrogen-bond acceptors (Lipinski definition) is 4. The second kappa shape index (κ2) is 9.04. The molecular formula is C26H32N4O2. The van der Waals surface area contributed by atoms with Crippen molar-refractivity contribution in [3.05, 3.63) is 65.6 Å². The van der Waals surface area contributed by atoms with E-state index >= 15 is 0 Å².